The van der Waals surface area contributed by atoms with E-state index in [0.29, 0.717) is 49.7 Å². The highest BCUT2D eigenvalue weighted by molar-refractivity contribution is 5.90. The topological polar surface area (TPSA) is 348 Å². The maximum atomic E-state index is 13.9. The minimum atomic E-state index is -2.11. The number of aliphatic carboxylic acids is 1. The van der Waals surface area contributed by atoms with Gasteiger partial charge in [0.15, 0.2) is 31.1 Å². The third-order valence-corrected chi connectivity index (χ3v) is 21.5. The van der Waals surface area contributed by atoms with Gasteiger partial charge in [-0.05, 0) is 110 Å². The number of carboxylic acids is 1. The molecule has 25 atom stereocenters. The van der Waals surface area contributed by atoms with E-state index in [1.54, 1.807) is 50.3 Å². The summed E-state index contributed by atoms with van der Waals surface area (Å²) in [6, 6.07) is 8.50. The number of esters is 2. The first-order valence-electron chi connectivity index (χ1n) is 28.6. The van der Waals surface area contributed by atoms with Crippen molar-refractivity contribution in [2.45, 2.75) is 218 Å². The lowest BCUT2D eigenvalue weighted by atomic mass is 9.33. The summed E-state index contributed by atoms with van der Waals surface area (Å²) in [4.78, 5) is 40.7. The number of hydrogen-bond acceptors (Lipinski definition) is 21. The smallest absolute Gasteiger partial charge is 0.338 e. The summed E-state index contributed by atoms with van der Waals surface area (Å²) in [6.45, 7) is 16.3. The Labute approximate surface area is 471 Å². The number of aliphatic hydroxyl groups excluding tert-OH is 10. The molecule has 0 aromatic heterocycles. The van der Waals surface area contributed by atoms with Crippen LogP contribution in [0.25, 0.3) is 0 Å². The van der Waals surface area contributed by atoms with E-state index in [0.717, 1.165) is 5.57 Å². The van der Waals surface area contributed by atoms with E-state index in [2.05, 4.69) is 40.7 Å². The van der Waals surface area contributed by atoms with E-state index in [9.17, 15) is 70.6 Å². The number of benzene rings is 1. The predicted molar refractivity (Wildman–Crippen MR) is 282 cm³/mol. The van der Waals surface area contributed by atoms with Gasteiger partial charge in [0.2, 0.25) is 0 Å². The van der Waals surface area contributed by atoms with Gasteiger partial charge in [-0.3, -0.25) is 0 Å². The van der Waals surface area contributed by atoms with Crippen LogP contribution in [0.2, 0.25) is 0 Å². The molecule has 1 aromatic rings. The van der Waals surface area contributed by atoms with Crippen molar-refractivity contribution >= 4 is 17.9 Å². The van der Waals surface area contributed by atoms with Gasteiger partial charge in [-0.15, -0.1) is 0 Å². The van der Waals surface area contributed by atoms with Gasteiger partial charge in [0, 0.05) is 11.0 Å². The van der Waals surface area contributed by atoms with Gasteiger partial charge >= 0.3 is 17.9 Å². The van der Waals surface area contributed by atoms with Crippen LogP contribution in [0.15, 0.2) is 53.6 Å². The summed E-state index contributed by atoms with van der Waals surface area (Å²) in [5, 5.41) is 121. The van der Waals surface area contributed by atoms with Gasteiger partial charge in [0.1, 0.15) is 67.1 Å². The lowest BCUT2D eigenvalue weighted by Crippen LogP contribution is -2.72. The molecule has 4 saturated carbocycles. The van der Waals surface area contributed by atoms with E-state index in [1.807, 2.05) is 13.8 Å². The fraction of sp³-hybridized carbons (Fsp3) is 0.780. The number of fused-ring (bicyclic) bond motifs is 7. The van der Waals surface area contributed by atoms with Crippen LogP contribution in [0.4, 0.5) is 0 Å². The minimum absolute atomic E-state index is 0.0157. The molecule has 0 amide bonds. The monoisotopic (exact) mass is 1150 g/mol. The number of ether oxygens (including phenoxy) is 8. The van der Waals surface area contributed by atoms with E-state index in [-0.39, 0.29) is 18.3 Å². The molecule has 7 fully saturated rings. The number of carbonyl (C=O) groups is 3. The summed E-state index contributed by atoms with van der Waals surface area (Å²) in [6.07, 6.45) is -22.4. The third kappa shape index (κ3) is 10.1. The highest BCUT2D eigenvalue weighted by Crippen LogP contribution is 2.76. The molecule has 0 spiro atoms. The molecule has 22 heteroatoms. The van der Waals surface area contributed by atoms with Gasteiger partial charge in [-0.25, -0.2) is 14.4 Å². The third-order valence-electron chi connectivity index (χ3n) is 21.5. The maximum Gasteiger partial charge on any atom is 0.338 e. The summed E-state index contributed by atoms with van der Waals surface area (Å²) >= 11 is 0. The van der Waals surface area contributed by atoms with Crippen molar-refractivity contribution in [1.82, 2.24) is 0 Å². The molecule has 1 aromatic carbocycles. The fourth-order valence-corrected chi connectivity index (χ4v) is 16.5. The molecule has 3 heterocycles. The van der Waals surface area contributed by atoms with Crippen LogP contribution in [0.1, 0.15) is 118 Å². The molecule has 81 heavy (non-hydrogen) atoms. The van der Waals surface area contributed by atoms with Crippen molar-refractivity contribution in [1.29, 1.82) is 0 Å². The highest BCUT2D eigenvalue weighted by Gasteiger charge is 2.74. The van der Waals surface area contributed by atoms with E-state index >= 15 is 0 Å². The Morgan fingerprint density at radius 1 is 0.716 bits per heavy atom. The summed E-state index contributed by atoms with van der Waals surface area (Å²) in [5.41, 5.74) is -2.86. The maximum absolute atomic E-state index is 13.9. The van der Waals surface area contributed by atoms with Crippen LogP contribution in [0.3, 0.4) is 0 Å². The summed E-state index contributed by atoms with van der Waals surface area (Å²) < 4.78 is 49.3. The van der Waals surface area contributed by atoms with E-state index in [1.165, 1.54) is 0 Å². The normalized spacial score (nSPS) is 47.5. The van der Waals surface area contributed by atoms with Crippen LogP contribution >= 0.6 is 0 Å². The average Bonchev–Trinajstić information content (AvgIpc) is 3.26. The summed E-state index contributed by atoms with van der Waals surface area (Å²) in [7, 11) is 0. The first-order valence-corrected chi connectivity index (χ1v) is 28.6. The highest BCUT2D eigenvalue weighted by atomic mass is 16.8. The Bertz CT molecular complexity index is 2520. The van der Waals surface area contributed by atoms with Crippen LogP contribution in [0, 0.1) is 50.2 Å². The molecule has 0 radical (unpaired) electrons. The Balaban J connectivity index is 1.03. The molecule has 11 N–H and O–H groups in total. The number of carboxylic acid groups (broad SMARTS) is 1. The Morgan fingerprint density at radius 2 is 1.38 bits per heavy atom. The zero-order valence-electron chi connectivity index (χ0n) is 47.6. The average molecular weight is 1150 g/mol. The van der Waals surface area contributed by atoms with Gasteiger partial charge in [-0.1, -0.05) is 84.4 Å². The minimum Gasteiger partial charge on any atom is -0.479 e. The molecular weight excluding hydrogens is 1060 g/mol. The molecule has 3 saturated heterocycles. The molecule has 5 aliphatic carbocycles. The zero-order valence-corrected chi connectivity index (χ0v) is 47.6. The van der Waals surface area contributed by atoms with Crippen molar-refractivity contribution in [2.24, 2.45) is 50.2 Å². The first-order chi connectivity index (χ1) is 38.0. The Kier molecular flexibility index (Phi) is 17.4. The standard InChI is InChI=1S/C59H86O22/c1-10-27(2)49(72)81-47-46(80-50(73)28-14-12-11-13-15-28)54(3,4)22-30-29-16-17-34-56(7)20-19-36(55(5,6)33(56)18-21-57(34,8)58(29,9)23-35(63)59(30,47)26-61)76-53-45(79-52-41(68)39(66)38(65)32(24-60)75-52)43(42(69)44(78-53)48(70)71)77-51-40(67)37(64)31(62)25-74-51/h10-16,30-47,51-53,60-69H,17-26H2,1-9H3,(H,70,71)/b27-10-/t30-,31+,32+,33-,34+,35+,36-,37-,38-,39-,40+,41+,42-,43-,44-,45+,46-,47-,51-,52-,53+,56-,57+,58+,59-/m0/s1. The van der Waals surface area contributed by atoms with Crippen LogP contribution in [-0.2, 0) is 47.5 Å². The zero-order chi connectivity index (χ0) is 59.3. The van der Waals surface area contributed by atoms with Crippen LogP contribution < -0.4 is 0 Å². The van der Waals surface area contributed by atoms with E-state index < -0.39 is 187 Å². The van der Waals surface area contributed by atoms with Gasteiger partial charge in [0.25, 0.3) is 0 Å². The van der Waals surface area contributed by atoms with Crippen LogP contribution in [-0.4, -0.2) is 204 Å². The van der Waals surface area contributed by atoms with Crippen molar-refractivity contribution < 1.29 is 108 Å². The first kappa shape index (κ1) is 62.0. The lowest BCUT2D eigenvalue weighted by molar-refractivity contribution is -0.392. The molecular formula is C59H86O22. The molecule has 0 unspecified atom stereocenters. The predicted octanol–water partition coefficient (Wildman–Crippen LogP) is 1.64. The molecule has 3 aliphatic heterocycles. The van der Waals surface area contributed by atoms with Gasteiger partial charge in [0.05, 0.1) is 43.0 Å². The second kappa shape index (κ2) is 22.7. The molecule has 454 valence electrons. The number of aliphatic hydroxyl groups is 10. The largest absolute Gasteiger partial charge is 0.479 e. The fourth-order valence-electron chi connectivity index (χ4n) is 16.5. The van der Waals surface area contributed by atoms with Gasteiger partial charge in [-0.2, -0.15) is 0 Å². The molecule has 8 aliphatic rings. The van der Waals surface area contributed by atoms with E-state index in [4.69, 9.17) is 37.9 Å². The summed E-state index contributed by atoms with van der Waals surface area (Å²) in [5.74, 6) is -3.47. The molecule has 22 nitrogen and oxygen atoms in total. The second-order valence-electron chi connectivity index (χ2n) is 26.4. The molecule has 0 bridgehead atoms. The van der Waals surface area contributed by atoms with Crippen LogP contribution in [0.5, 0.6) is 0 Å². The number of rotatable bonds is 13. The van der Waals surface area contributed by atoms with Crippen molar-refractivity contribution in [3.63, 3.8) is 0 Å². The number of allylic oxidation sites excluding steroid dienone is 3. The van der Waals surface area contributed by atoms with Crippen molar-refractivity contribution in [3.8, 4) is 0 Å². The Hall–Kier alpha value is -3.53. The SMILES string of the molecule is C/C=C(/C)C(=O)O[C@H]1[C@H](OC(=O)c2ccccc2)C(C)(C)C[C@H]2C3=CC[C@@H]4[C@@]5(C)CC[C@H](O[C@@H]6O[C@H](C(=O)O)[C@@H](O)[C@H](O[C@@H]7OC[C@@H](O)[C@H](O)[C@H]7O)[C@H]6O[C@@H]6O[C@H](CO)[C@H](O)[C@H](O)[C@H]6O)C(C)(C)[C@@H]5CC[C@@]4(C)[C@]3(C)C[C@@H](O)[C@]21CO. The van der Waals surface area contributed by atoms with Crippen molar-refractivity contribution in [3.05, 3.63) is 59.2 Å². The van der Waals surface area contributed by atoms with Gasteiger partial charge < -0.3 is 94.1 Å². The number of carbonyl (C=O) groups excluding carboxylic acids is 2. The molecule has 9 rings (SSSR count). The van der Waals surface area contributed by atoms with Crippen molar-refractivity contribution in [2.75, 3.05) is 19.8 Å². The Morgan fingerprint density at radius 3 is 2.02 bits per heavy atom. The quantitative estimate of drug-likeness (QED) is 0.0579. The number of hydrogen-bond donors (Lipinski definition) is 11. The second-order valence-corrected chi connectivity index (χ2v) is 26.4. The lowest BCUT2D eigenvalue weighted by Gasteiger charge is -2.72.